The Kier molecular flexibility index (Phi) is 7.46. The predicted octanol–water partition coefficient (Wildman–Crippen LogP) is 3.05. The number of benzene rings is 1. The van der Waals surface area contributed by atoms with Gasteiger partial charge in [-0.1, -0.05) is 24.6 Å². The number of halogens is 2. The normalized spacial score (nSPS) is 14.6. The average Bonchev–Trinajstić information content (AvgIpc) is 3.20. The Morgan fingerprint density at radius 3 is 2.50 bits per heavy atom. The Hall–Kier alpha value is -2.80. The average molecular weight is 515 g/mol. The maximum atomic E-state index is 14.9. The number of rotatable bonds is 8. The second kappa shape index (κ2) is 9.82. The minimum Gasteiger partial charge on any atom is -0.493 e. The van der Waals surface area contributed by atoms with Gasteiger partial charge in [0.2, 0.25) is 10.9 Å². The van der Waals surface area contributed by atoms with Crippen molar-refractivity contribution in [2.24, 2.45) is 0 Å². The first kappa shape index (κ1) is 25.8. The van der Waals surface area contributed by atoms with E-state index < -0.39 is 44.7 Å². The van der Waals surface area contributed by atoms with E-state index >= 15 is 0 Å². The lowest BCUT2D eigenvalue weighted by Gasteiger charge is -2.25. The Balaban J connectivity index is 2.17. The molecule has 3 N–H and O–H groups in total. The number of nitrogens with zero attached hydrogens (tertiary/aromatic N) is 2. The number of ether oxygens (including phenoxy) is 1. The van der Waals surface area contributed by atoms with Crippen molar-refractivity contribution in [3.8, 4) is 5.75 Å². The summed E-state index contributed by atoms with van der Waals surface area (Å²) in [6, 6.07) is 1.57. The van der Waals surface area contributed by atoms with Gasteiger partial charge in [-0.3, -0.25) is 0 Å². The summed E-state index contributed by atoms with van der Waals surface area (Å²) in [4.78, 5) is 15.5. The van der Waals surface area contributed by atoms with Crippen LogP contribution in [0.15, 0.2) is 32.6 Å². The molecule has 0 saturated heterocycles. The molecule has 1 aromatic carbocycles. The number of methoxy groups -OCH3 is 1. The third-order valence-corrected chi connectivity index (χ3v) is 7.22. The van der Waals surface area contributed by atoms with E-state index in [9.17, 15) is 22.7 Å². The molecule has 34 heavy (non-hydrogen) atoms. The molecule has 0 spiro atoms. The quantitative estimate of drug-likeness (QED) is 0.415. The van der Waals surface area contributed by atoms with Crippen LogP contribution in [-0.4, -0.2) is 35.8 Å². The molecule has 0 radical (unpaired) electrons. The molecule has 3 rings (SSSR count). The van der Waals surface area contributed by atoms with Crippen molar-refractivity contribution in [3.63, 3.8) is 0 Å². The zero-order valence-corrected chi connectivity index (χ0v) is 20.6. The van der Waals surface area contributed by atoms with Gasteiger partial charge in [0.25, 0.3) is 10.0 Å². The lowest BCUT2D eigenvalue weighted by molar-refractivity contribution is 0.193. The van der Waals surface area contributed by atoms with Crippen LogP contribution in [0, 0.1) is 19.7 Å². The fraction of sp³-hybridized carbons (Fsp3) is 0.381. The Morgan fingerprint density at radius 2 is 1.94 bits per heavy atom. The van der Waals surface area contributed by atoms with Crippen LogP contribution in [-0.2, 0) is 10.0 Å². The molecule has 3 unspecified atom stereocenters. The number of H-pyrrole nitrogens is 1. The number of aromatic amines is 1. The summed E-state index contributed by atoms with van der Waals surface area (Å²) in [5.41, 5.74) is 1.64. The van der Waals surface area contributed by atoms with Crippen LogP contribution in [0.25, 0.3) is 0 Å². The second-order valence-electron chi connectivity index (χ2n) is 7.78. The minimum atomic E-state index is -4.50. The Labute approximate surface area is 200 Å². The van der Waals surface area contributed by atoms with Gasteiger partial charge in [-0.15, -0.1) is 5.10 Å². The Morgan fingerprint density at radius 1 is 1.26 bits per heavy atom. The highest BCUT2D eigenvalue weighted by molar-refractivity contribution is 7.89. The summed E-state index contributed by atoms with van der Waals surface area (Å²) < 4.78 is 54.4. The van der Waals surface area contributed by atoms with Crippen molar-refractivity contribution in [3.05, 3.63) is 67.9 Å². The zero-order chi connectivity index (χ0) is 25.4. The fourth-order valence-electron chi connectivity index (χ4n) is 3.74. The van der Waals surface area contributed by atoms with Crippen LogP contribution in [0.5, 0.6) is 5.75 Å². The second-order valence-corrected chi connectivity index (χ2v) is 9.81. The summed E-state index contributed by atoms with van der Waals surface area (Å²) in [5.74, 6) is -2.90. The van der Waals surface area contributed by atoms with Crippen LogP contribution in [0.3, 0.4) is 0 Å². The van der Waals surface area contributed by atoms with Gasteiger partial charge in [0.15, 0.2) is 5.75 Å². The maximum absolute atomic E-state index is 14.9. The van der Waals surface area contributed by atoms with Gasteiger partial charge in [0.1, 0.15) is 11.9 Å². The third-order valence-electron chi connectivity index (χ3n) is 5.56. The molecular formula is C21H24ClFN4O6S. The third kappa shape index (κ3) is 4.85. The molecule has 0 bridgehead atoms. The van der Waals surface area contributed by atoms with Gasteiger partial charge in [0, 0.05) is 17.7 Å². The van der Waals surface area contributed by atoms with Crippen LogP contribution in [0.4, 0.5) is 4.39 Å². The molecule has 2 aromatic heterocycles. The standard InChI is InChI=1S/C21H24ClFN4O6S/c1-9-6-7-14(23)15(10(9)2)11(3)17(19-25-26-21(29)33-19)27-34(30,31)20-18(32-5)16(12(4)28)13(22)8-24-20/h6-8,11-12,17,27-28H,1-5H3,(H,26,29). The van der Waals surface area contributed by atoms with Crippen molar-refractivity contribution >= 4 is 21.6 Å². The van der Waals surface area contributed by atoms with Crippen LogP contribution in [0.1, 0.15) is 60.1 Å². The van der Waals surface area contributed by atoms with E-state index in [1.54, 1.807) is 26.8 Å². The SMILES string of the molecule is COc1c(S(=O)(=O)NC(c2n[nH]c(=O)o2)C(C)c2c(F)ccc(C)c2C)ncc(Cl)c1C(C)O. The summed E-state index contributed by atoms with van der Waals surface area (Å²) in [5, 5.41) is 15.4. The first-order valence-corrected chi connectivity index (χ1v) is 12.0. The first-order chi connectivity index (χ1) is 15.9. The lowest BCUT2D eigenvalue weighted by Crippen LogP contribution is -2.33. The number of aliphatic hydroxyl groups is 1. The molecule has 3 aromatic rings. The molecular weight excluding hydrogens is 491 g/mol. The largest absolute Gasteiger partial charge is 0.493 e. The molecule has 0 aliphatic carbocycles. The smallest absolute Gasteiger partial charge is 0.434 e. The zero-order valence-electron chi connectivity index (χ0n) is 19.0. The molecule has 0 aliphatic heterocycles. The van der Waals surface area contributed by atoms with E-state index in [0.29, 0.717) is 5.56 Å². The van der Waals surface area contributed by atoms with E-state index in [-0.39, 0.29) is 27.8 Å². The van der Waals surface area contributed by atoms with Crippen molar-refractivity contribution < 1.29 is 27.1 Å². The van der Waals surface area contributed by atoms with Crippen LogP contribution >= 0.6 is 11.6 Å². The number of nitrogens with one attached hydrogen (secondary N) is 2. The van der Waals surface area contributed by atoms with E-state index in [0.717, 1.165) is 11.8 Å². The van der Waals surface area contributed by atoms with Gasteiger partial charge >= 0.3 is 5.76 Å². The number of aromatic nitrogens is 3. The van der Waals surface area contributed by atoms with Crippen molar-refractivity contribution in [2.75, 3.05) is 7.11 Å². The molecule has 2 heterocycles. The summed E-state index contributed by atoms with van der Waals surface area (Å²) >= 11 is 6.09. The molecule has 0 amide bonds. The highest BCUT2D eigenvalue weighted by Crippen LogP contribution is 2.38. The molecule has 13 heteroatoms. The molecule has 3 atom stereocenters. The summed E-state index contributed by atoms with van der Waals surface area (Å²) in [6.07, 6.45) is -0.0967. The van der Waals surface area contributed by atoms with Crippen molar-refractivity contribution in [1.29, 1.82) is 0 Å². The molecule has 184 valence electrons. The van der Waals surface area contributed by atoms with Gasteiger partial charge in [0.05, 0.1) is 18.2 Å². The monoisotopic (exact) mass is 514 g/mol. The lowest BCUT2D eigenvalue weighted by atomic mass is 9.88. The minimum absolute atomic E-state index is 0.00599. The number of aliphatic hydroxyl groups excluding tert-OH is 1. The first-order valence-electron chi connectivity index (χ1n) is 10.1. The van der Waals surface area contributed by atoms with Gasteiger partial charge in [-0.25, -0.2) is 27.7 Å². The highest BCUT2D eigenvalue weighted by Gasteiger charge is 2.36. The van der Waals surface area contributed by atoms with Gasteiger partial charge in [-0.05, 0) is 43.5 Å². The number of hydrogen-bond acceptors (Lipinski definition) is 8. The molecule has 0 aliphatic rings. The maximum Gasteiger partial charge on any atom is 0.434 e. The van der Waals surface area contributed by atoms with Gasteiger partial charge < -0.3 is 14.3 Å². The highest BCUT2D eigenvalue weighted by atomic mass is 35.5. The summed E-state index contributed by atoms with van der Waals surface area (Å²) in [6.45, 7) is 6.45. The predicted molar refractivity (Wildman–Crippen MR) is 121 cm³/mol. The molecule has 0 fully saturated rings. The van der Waals surface area contributed by atoms with Crippen molar-refractivity contribution in [1.82, 2.24) is 19.9 Å². The van der Waals surface area contributed by atoms with Crippen LogP contribution in [0.2, 0.25) is 5.02 Å². The number of hydrogen-bond donors (Lipinski definition) is 3. The number of sulfonamides is 1. The topological polar surface area (TPSA) is 147 Å². The van der Waals surface area contributed by atoms with E-state index in [2.05, 4.69) is 19.9 Å². The number of aryl methyl sites for hydroxylation is 1. The molecule has 0 saturated carbocycles. The van der Waals surface area contributed by atoms with E-state index in [1.807, 2.05) is 0 Å². The fourth-order valence-corrected chi connectivity index (χ4v) is 5.41. The Bertz CT molecular complexity index is 1370. The number of pyridine rings is 1. The van der Waals surface area contributed by atoms with Gasteiger partial charge in [-0.2, -0.15) is 4.72 Å². The van der Waals surface area contributed by atoms with E-state index in [4.69, 9.17) is 20.8 Å². The van der Waals surface area contributed by atoms with E-state index in [1.165, 1.54) is 20.1 Å². The summed E-state index contributed by atoms with van der Waals surface area (Å²) in [7, 11) is -3.29. The molecule has 10 nitrogen and oxygen atoms in total. The van der Waals surface area contributed by atoms with Crippen molar-refractivity contribution in [2.45, 2.75) is 50.8 Å². The van der Waals surface area contributed by atoms with Crippen LogP contribution < -0.4 is 15.2 Å².